The van der Waals surface area contributed by atoms with Crippen LogP contribution in [0.2, 0.25) is 0 Å². The molecule has 0 aliphatic carbocycles. The summed E-state index contributed by atoms with van der Waals surface area (Å²) in [6.45, 7) is 2.39. The first-order valence-electron chi connectivity index (χ1n) is 2.17. The highest BCUT2D eigenvalue weighted by Crippen LogP contribution is 2.01. The highest BCUT2D eigenvalue weighted by Gasteiger charge is 2.15. The van der Waals surface area contributed by atoms with E-state index in [0.717, 1.165) is 0 Å². The molecule has 0 bridgehead atoms. The van der Waals surface area contributed by atoms with Crippen LogP contribution in [0.15, 0.2) is 0 Å². The molecule has 1 fully saturated rings. The van der Waals surface area contributed by atoms with E-state index in [9.17, 15) is 0 Å². The molecule has 3 heteroatoms. The van der Waals surface area contributed by atoms with E-state index in [1.165, 1.54) is 0 Å². The fraction of sp³-hybridized carbons (Fsp3) is 0.750. The minimum atomic E-state index is -0.0486. The van der Waals surface area contributed by atoms with Gasteiger partial charge in [-0.05, 0) is 6.92 Å². The van der Waals surface area contributed by atoms with Gasteiger partial charge >= 0.3 is 6.08 Å². The number of ether oxygens (including phenoxy) is 2. The van der Waals surface area contributed by atoms with Gasteiger partial charge in [-0.15, -0.1) is 0 Å². The van der Waals surface area contributed by atoms with E-state index in [2.05, 4.69) is 4.74 Å². The summed E-state index contributed by atoms with van der Waals surface area (Å²) in [5.41, 5.74) is 0. The average Bonchev–Trinajstić information content (AvgIpc) is 1.87. The first-order valence-corrected chi connectivity index (χ1v) is 2.17. The van der Waals surface area contributed by atoms with Gasteiger partial charge in [0.1, 0.15) is 12.7 Å². The van der Waals surface area contributed by atoms with Crippen LogP contribution in [0.3, 0.4) is 0 Å². The first kappa shape index (κ1) is 4.43. The summed E-state index contributed by atoms with van der Waals surface area (Å²) in [6.07, 6.45) is 0.0278. The highest BCUT2D eigenvalue weighted by molar-refractivity contribution is 5.64. The van der Waals surface area contributed by atoms with Crippen molar-refractivity contribution in [1.82, 2.24) is 0 Å². The van der Waals surface area contributed by atoms with Crippen LogP contribution in [0.4, 0.5) is 0 Å². The molecule has 7 heavy (non-hydrogen) atoms. The average molecular weight is 101 g/mol. The molecule has 1 rings (SSSR count). The summed E-state index contributed by atoms with van der Waals surface area (Å²) < 4.78 is 9.35. The van der Waals surface area contributed by atoms with Crippen LogP contribution in [0, 0.1) is 5.41 Å². The van der Waals surface area contributed by atoms with E-state index in [0.29, 0.717) is 6.61 Å². The molecule has 40 valence electrons. The minimum absolute atomic E-state index is 0.0486. The van der Waals surface area contributed by atoms with Crippen molar-refractivity contribution < 1.29 is 9.47 Å². The molecule has 3 nitrogen and oxygen atoms in total. The molecular formula is C4H7NO2. The molecular weight excluding hydrogens is 94.0 g/mol. The Kier molecular flexibility index (Phi) is 0.889. The molecule has 1 aliphatic heterocycles. The van der Waals surface area contributed by atoms with Crippen LogP contribution < -0.4 is 0 Å². The van der Waals surface area contributed by atoms with Crippen molar-refractivity contribution in [1.29, 1.82) is 5.41 Å². The van der Waals surface area contributed by atoms with Crippen molar-refractivity contribution in [2.24, 2.45) is 0 Å². The maximum absolute atomic E-state index is 6.73. The predicted octanol–water partition coefficient (Wildman–Crippen LogP) is 0.356. The zero-order valence-corrected chi connectivity index (χ0v) is 4.10. The van der Waals surface area contributed by atoms with Gasteiger partial charge in [0, 0.05) is 0 Å². The van der Waals surface area contributed by atoms with E-state index < -0.39 is 0 Å². The summed E-state index contributed by atoms with van der Waals surface area (Å²) in [5.74, 6) is 0. The minimum Gasteiger partial charge on any atom is -0.447 e. The lowest BCUT2D eigenvalue weighted by Crippen LogP contribution is -2.01. The fourth-order valence-corrected chi connectivity index (χ4v) is 0.444. The molecule has 0 radical (unpaired) electrons. The first-order chi connectivity index (χ1) is 3.29. The molecule has 0 spiro atoms. The molecule has 0 aromatic rings. The van der Waals surface area contributed by atoms with Crippen molar-refractivity contribution in [3.63, 3.8) is 0 Å². The fourth-order valence-electron chi connectivity index (χ4n) is 0.444. The molecule has 1 unspecified atom stereocenters. The Morgan fingerprint density at radius 2 is 2.57 bits per heavy atom. The van der Waals surface area contributed by atoms with Crippen molar-refractivity contribution >= 4 is 6.08 Å². The maximum atomic E-state index is 6.73. The van der Waals surface area contributed by atoms with Gasteiger partial charge in [-0.3, -0.25) is 0 Å². The third-order valence-electron chi connectivity index (χ3n) is 0.757. The van der Waals surface area contributed by atoms with Gasteiger partial charge in [0.25, 0.3) is 0 Å². The Hall–Kier alpha value is -0.730. The summed E-state index contributed by atoms with van der Waals surface area (Å²) in [6, 6.07) is 0. The Balaban J connectivity index is 2.40. The van der Waals surface area contributed by atoms with Crippen LogP contribution in [0.25, 0.3) is 0 Å². The van der Waals surface area contributed by atoms with Crippen molar-refractivity contribution in [2.75, 3.05) is 6.61 Å². The summed E-state index contributed by atoms with van der Waals surface area (Å²) in [4.78, 5) is 0. The van der Waals surface area contributed by atoms with Gasteiger partial charge in [-0.25, -0.2) is 5.41 Å². The number of nitrogens with one attached hydrogen (secondary N) is 1. The van der Waals surface area contributed by atoms with Gasteiger partial charge in [0.2, 0.25) is 0 Å². The van der Waals surface area contributed by atoms with Crippen LogP contribution in [-0.2, 0) is 9.47 Å². The lowest BCUT2D eigenvalue weighted by atomic mass is 10.5. The molecule has 1 saturated heterocycles. The quantitative estimate of drug-likeness (QED) is 0.478. The topological polar surface area (TPSA) is 42.3 Å². The lowest BCUT2D eigenvalue weighted by molar-refractivity contribution is 0.248. The standard InChI is InChI=1S/C4H7NO2/c1-3-2-6-4(5)7-3/h3,5H,2H2,1H3. The Morgan fingerprint density at radius 3 is 2.71 bits per heavy atom. The van der Waals surface area contributed by atoms with Crippen molar-refractivity contribution in [3.8, 4) is 0 Å². The van der Waals surface area contributed by atoms with E-state index in [1.807, 2.05) is 6.92 Å². The molecule has 1 heterocycles. The van der Waals surface area contributed by atoms with Gasteiger partial charge in [-0.1, -0.05) is 0 Å². The van der Waals surface area contributed by atoms with Gasteiger partial charge in [-0.2, -0.15) is 0 Å². The summed E-state index contributed by atoms with van der Waals surface area (Å²) in [5, 5.41) is 6.73. The van der Waals surface area contributed by atoms with Crippen molar-refractivity contribution in [2.45, 2.75) is 13.0 Å². The molecule has 0 aromatic carbocycles. The van der Waals surface area contributed by atoms with E-state index in [-0.39, 0.29) is 12.2 Å². The summed E-state index contributed by atoms with van der Waals surface area (Å²) >= 11 is 0. The van der Waals surface area contributed by atoms with Crippen LogP contribution >= 0.6 is 0 Å². The molecule has 1 atom stereocenters. The highest BCUT2D eigenvalue weighted by atomic mass is 16.7. The molecule has 1 aliphatic rings. The monoisotopic (exact) mass is 101 g/mol. The number of rotatable bonds is 0. The molecule has 1 N–H and O–H groups in total. The van der Waals surface area contributed by atoms with Gasteiger partial charge in [0.05, 0.1) is 0 Å². The van der Waals surface area contributed by atoms with E-state index in [4.69, 9.17) is 10.1 Å². The number of hydrogen-bond acceptors (Lipinski definition) is 3. The Morgan fingerprint density at radius 1 is 1.86 bits per heavy atom. The number of hydrogen-bond donors (Lipinski definition) is 1. The second-order valence-corrected chi connectivity index (χ2v) is 1.53. The van der Waals surface area contributed by atoms with Crippen LogP contribution in [0.5, 0.6) is 0 Å². The molecule has 0 aromatic heterocycles. The van der Waals surface area contributed by atoms with E-state index >= 15 is 0 Å². The smallest absolute Gasteiger partial charge is 0.381 e. The van der Waals surface area contributed by atoms with Crippen LogP contribution in [0.1, 0.15) is 6.92 Å². The normalized spacial score (nSPS) is 29.3. The Bertz CT molecular complexity index is 91.7. The maximum Gasteiger partial charge on any atom is 0.381 e. The zero-order chi connectivity index (χ0) is 5.28. The third kappa shape index (κ3) is 0.824. The van der Waals surface area contributed by atoms with Crippen LogP contribution in [-0.4, -0.2) is 18.8 Å². The molecule has 0 amide bonds. The molecule has 0 saturated carbocycles. The largest absolute Gasteiger partial charge is 0.447 e. The SMILES string of the molecule is CC1COC(=N)O1. The predicted molar refractivity (Wildman–Crippen MR) is 24.2 cm³/mol. The summed E-state index contributed by atoms with van der Waals surface area (Å²) in [7, 11) is 0. The second kappa shape index (κ2) is 1.40. The third-order valence-corrected chi connectivity index (χ3v) is 0.757. The van der Waals surface area contributed by atoms with Crippen molar-refractivity contribution in [3.05, 3.63) is 0 Å². The second-order valence-electron chi connectivity index (χ2n) is 1.53. The van der Waals surface area contributed by atoms with Gasteiger partial charge in [0.15, 0.2) is 0 Å². The zero-order valence-electron chi connectivity index (χ0n) is 4.10. The Labute approximate surface area is 41.7 Å². The van der Waals surface area contributed by atoms with Gasteiger partial charge < -0.3 is 9.47 Å². The lowest BCUT2D eigenvalue weighted by Gasteiger charge is -1.91. The van der Waals surface area contributed by atoms with E-state index in [1.54, 1.807) is 0 Å².